The summed E-state index contributed by atoms with van der Waals surface area (Å²) in [4.78, 5) is 26.2. The molecule has 1 aliphatic rings. The standard InChI is InChI=1S/C22H25BrN2O3/c23-19-9-5-4-6-17(19)14-21(27)25-12-10-22(11-13-25,15-20(24)26)16-28-18-7-2-1-3-8-18/h1-9H,10-16H2,(H2,24,26). The molecule has 148 valence electrons. The number of para-hydroxylation sites is 1. The zero-order valence-corrected chi connectivity index (χ0v) is 17.4. The number of amides is 2. The highest BCUT2D eigenvalue weighted by molar-refractivity contribution is 9.10. The average molecular weight is 445 g/mol. The van der Waals surface area contributed by atoms with Crippen molar-refractivity contribution in [2.75, 3.05) is 19.7 Å². The zero-order valence-electron chi connectivity index (χ0n) is 15.8. The summed E-state index contributed by atoms with van der Waals surface area (Å²) < 4.78 is 6.88. The van der Waals surface area contributed by atoms with Crippen LogP contribution in [-0.4, -0.2) is 36.4 Å². The van der Waals surface area contributed by atoms with Crippen LogP contribution in [-0.2, 0) is 16.0 Å². The molecule has 0 aliphatic carbocycles. The van der Waals surface area contributed by atoms with Gasteiger partial charge in [0.25, 0.3) is 0 Å². The fourth-order valence-electron chi connectivity index (χ4n) is 3.64. The topological polar surface area (TPSA) is 72.6 Å². The molecule has 1 aliphatic heterocycles. The lowest BCUT2D eigenvalue weighted by Gasteiger charge is -2.41. The Labute approximate surface area is 174 Å². The normalized spacial score (nSPS) is 15.8. The summed E-state index contributed by atoms with van der Waals surface area (Å²) in [5.74, 6) is 0.548. The summed E-state index contributed by atoms with van der Waals surface area (Å²) in [7, 11) is 0. The van der Waals surface area contributed by atoms with Crippen LogP contribution >= 0.6 is 15.9 Å². The van der Waals surface area contributed by atoms with E-state index in [0.29, 0.717) is 39.0 Å². The van der Waals surface area contributed by atoms with Crippen LogP contribution in [0.4, 0.5) is 0 Å². The lowest BCUT2D eigenvalue weighted by atomic mass is 9.76. The highest BCUT2D eigenvalue weighted by Gasteiger charge is 2.38. The van der Waals surface area contributed by atoms with Gasteiger partial charge in [0.2, 0.25) is 11.8 Å². The fraction of sp³-hybridized carbons (Fsp3) is 0.364. The number of halogens is 1. The SMILES string of the molecule is NC(=O)CC1(COc2ccccc2)CCN(C(=O)Cc2ccccc2Br)CC1. The summed E-state index contributed by atoms with van der Waals surface area (Å²) in [5, 5.41) is 0. The van der Waals surface area contributed by atoms with Gasteiger partial charge in [-0.2, -0.15) is 0 Å². The third-order valence-corrected chi connectivity index (χ3v) is 6.09. The third kappa shape index (κ3) is 5.35. The van der Waals surface area contributed by atoms with Crippen molar-refractivity contribution in [3.05, 3.63) is 64.6 Å². The lowest BCUT2D eigenvalue weighted by molar-refractivity contribution is -0.133. The number of carbonyl (C=O) groups is 2. The molecule has 28 heavy (non-hydrogen) atoms. The van der Waals surface area contributed by atoms with Gasteiger partial charge in [0.15, 0.2) is 0 Å². The molecule has 2 aromatic carbocycles. The number of rotatable bonds is 7. The van der Waals surface area contributed by atoms with Crippen molar-refractivity contribution in [1.82, 2.24) is 4.90 Å². The monoisotopic (exact) mass is 444 g/mol. The molecular formula is C22H25BrN2O3. The third-order valence-electron chi connectivity index (χ3n) is 5.31. The van der Waals surface area contributed by atoms with Crippen molar-refractivity contribution in [2.24, 2.45) is 11.1 Å². The number of hydrogen-bond acceptors (Lipinski definition) is 3. The number of primary amides is 1. The van der Waals surface area contributed by atoms with Crippen molar-refractivity contribution in [1.29, 1.82) is 0 Å². The van der Waals surface area contributed by atoms with Crippen LogP contribution in [0.15, 0.2) is 59.1 Å². The molecule has 6 heteroatoms. The molecule has 1 fully saturated rings. The highest BCUT2D eigenvalue weighted by atomic mass is 79.9. The van der Waals surface area contributed by atoms with E-state index in [-0.39, 0.29) is 23.7 Å². The van der Waals surface area contributed by atoms with Gasteiger partial charge in [-0.3, -0.25) is 9.59 Å². The van der Waals surface area contributed by atoms with E-state index in [1.807, 2.05) is 59.5 Å². The first-order chi connectivity index (χ1) is 13.5. The second-order valence-electron chi connectivity index (χ2n) is 7.39. The van der Waals surface area contributed by atoms with Gasteiger partial charge in [-0.15, -0.1) is 0 Å². The molecule has 1 saturated heterocycles. The predicted octanol–water partition coefficient (Wildman–Crippen LogP) is 3.55. The molecular weight excluding hydrogens is 420 g/mol. The van der Waals surface area contributed by atoms with E-state index in [4.69, 9.17) is 10.5 Å². The van der Waals surface area contributed by atoms with Gasteiger partial charge in [0.05, 0.1) is 13.0 Å². The second kappa shape index (κ2) is 9.24. The molecule has 2 amide bonds. The molecule has 0 unspecified atom stereocenters. The summed E-state index contributed by atoms with van der Waals surface area (Å²) in [5.41, 5.74) is 6.16. The maximum absolute atomic E-state index is 12.7. The molecule has 0 bridgehead atoms. The first-order valence-electron chi connectivity index (χ1n) is 9.45. The van der Waals surface area contributed by atoms with Gasteiger partial charge in [0.1, 0.15) is 5.75 Å². The Bertz CT molecular complexity index is 818. The molecule has 5 nitrogen and oxygen atoms in total. The minimum atomic E-state index is -0.329. The minimum Gasteiger partial charge on any atom is -0.493 e. The fourth-order valence-corrected chi connectivity index (χ4v) is 4.07. The number of nitrogens with zero attached hydrogens (tertiary/aromatic N) is 1. The van der Waals surface area contributed by atoms with Crippen LogP contribution < -0.4 is 10.5 Å². The van der Waals surface area contributed by atoms with Crippen molar-refractivity contribution < 1.29 is 14.3 Å². The van der Waals surface area contributed by atoms with Crippen LogP contribution in [0.3, 0.4) is 0 Å². The largest absolute Gasteiger partial charge is 0.493 e. The quantitative estimate of drug-likeness (QED) is 0.709. The number of hydrogen-bond donors (Lipinski definition) is 1. The maximum atomic E-state index is 12.7. The van der Waals surface area contributed by atoms with Gasteiger partial charge in [-0.25, -0.2) is 0 Å². The average Bonchev–Trinajstić information content (AvgIpc) is 2.69. The first-order valence-corrected chi connectivity index (χ1v) is 10.2. The highest BCUT2D eigenvalue weighted by Crippen LogP contribution is 2.36. The Morgan fingerprint density at radius 3 is 2.32 bits per heavy atom. The van der Waals surface area contributed by atoms with E-state index < -0.39 is 0 Å². The van der Waals surface area contributed by atoms with Gasteiger partial charge in [0, 0.05) is 29.4 Å². The van der Waals surface area contributed by atoms with Crippen LogP contribution in [0.25, 0.3) is 0 Å². The van der Waals surface area contributed by atoms with Gasteiger partial charge < -0.3 is 15.4 Å². The predicted molar refractivity (Wildman–Crippen MR) is 112 cm³/mol. The van der Waals surface area contributed by atoms with Gasteiger partial charge in [-0.05, 0) is 36.6 Å². The van der Waals surface area contributed by atoms with Crippen molar-refractivity contribution in [3.8, 4) is 5.75 Å². The maximum Gasteiger partial charge on any atom is 0.227 e. The summed E-state index contributed by atoms with van der Waals surface area (Å²) in [6.45, 7) is 1.63. The van der Waals surface area contributed by atoms with E-state index in [1.165, 1.54) is 0 Å². The Kier molecular flexibility index (Phi) is 6.73. The Hall–Kier alpha value is -2.34. The first kappa shape index (κ1) is 20.4. The Morgan fingerprint density at radius 2 is 1.68 bits per heavy atom. The minimum absolute atomic E-state index is 0.101. The number of ether oxygens (including phenoxy) is 1. The van der Waals surface area contributed by atoms with Crippen LogP contribution in [0.1, 0.15) is 24.8 Å². The number of piperidine rings is 1. The van der Waals surface area contributed by atoms with E-state index in [1.54, 1.807) is 0 Å². The van der Waals surface area contributed by atoms with E-state index in [2.05, 4.69) is 15.9 Å². The molecule has 0 saturated carbocycles. The molecule has 3 rings (SSSR count). The molecule has 2 N–H and O–H groups in total. The summed E-state index contributed by atoms with van der Waals surface area (Å²) >= 11 is 3.50. The van der Waals surface area contributed by atoms with E-state index >= 15 is 0 Å². The Morgan fingerprint density at radius 1 is 1.04 bits per heavy atom. The number of likely N-dealkylation sites (tertiary alicyclic amines) is 1. The van der Waals surface area contributed by atoms with Gasteiger partial charge >= 0.3 is 0 Å². The second-order valence-corrected chi connectivity index (χ2v) is 8.25. The molecule has 0 aromatic heterocycles. The van der Waals surface area contributed by atoms with Crippen molar-refractivity contribution in [2.45, 2.75) is 25.7 Å². The number of nitrogens with two attached hydrogens (primary N) is 1. The lowest BCUT2D eigenvalue weighted by Crippen LogP contribution is -2.47. The van der Waals surface area contributed by atoms with Crippen LogP contribution in [0.2, 0.25) is 0 Å². The van der Waals surface area contributed by atoms with E-state index in [9.17, 15) is 9.59 Å². The zero-order chi connectivity index (χ0) is 20.0. The molecule has 1 heterocycles. The molecule has 0 radical (unpaired) electrons. The van der Waals surface area contributed by atoms with Crippen LogP contribution in [0.5, 0.6) is 5.75 Å². The van der Waals surface area contributed by atoms with Crippen molar-refractivity contribution in [3.63, 3.8) is 0 Å². The van der Waals surface area contributed by atoms with Crippen molar-refractivity contribution >= 4 is 27.7 Å². The molecule has 2 aromatic rings. The van der Waals surface area contributed by atoms with Gasteiger partial charge in [-0.1, -0.05) is 52.3 Å². The van der Waals surface area contributed by atoms with Crippen LogP contribution in [0, 0.1) is 5.41 Å². The number of carbonyl (C=O) groups excluding carboxylic acids is 2. The van der Waals surface area contributed by atoms with E-state index in [0.717, 1.165) is 15.8 Å². The number of benzene rings is 2. The molecule has 0 spiro atoms. The smallest absolute Gasteiger partial charge is 0.227 e. The summed E-state index contributed by atoms with van der Waals surface area (Å²) in [6.07, 6.45) is 2.03. The Balaban J connectivity index is 1.61. The molecule has 0 atom stereocenters. The summed E-state index contributed by atoms with van der Waals surface area (Å²) in [6, 6.07) is 17.3.